The largest absolute Gasteiger partial charge is 0.387 e. The van der Waals surface area contributed by atoms with Crippen molar-refractivity contribution in [3.63, 3.8) is 0 Å². The monoisotopic (exact) mass is 193 g/mol. The fraction of sp³-hybridized carbons (Fsp3) is 0.364. The summed E-state index contributed by atoms with van der Waals surface area (Å²) in [4.78, 5) is 0. The Morgan fingerprint density at radius 2 is 2.14 bits per heavy atom. The summed E-state index contributed by atoms with van der Waals surface area (Å²) < 4.78 is 13.2. The van der Waals surface area contributed by atoms with Crippen LogP contribution in [0.1, 0.15) is 24.2 Å². The van der Waals surface area contributed by atoms with Gasteiger partial charge < -0.3 is 5.11 Å². The minimum absolute atomic E-state index is 0.194. The number of aryl methyl sites for hydroxylation is 1. The molecule has 0 spiro atoms. The number of aliphatic hydroxyl groups is 1. The molecule has 2 unspecified atom stereocenters. The molecule has 0 amide bonds. The summed E-state index contributed by atoms with van der Waals surface area (Å²) in [5.41, 5.74) is 1.06. The van der Waals surface area contributed by atoms with E-state index in [1.165, 1.54) is 6.07 Å². The first-order valence-corrected chi connectivity index (χ1v) is 4.40. The van der Waals surface area contributed by atoms with Crippen molar-refractivity contribution in [2.75, 3.05) is 0 Å². The number of halogens is 1. The van der Waals surface area contributed by atoms with Crippen LogP contribution in [0.2, 0.25) is 0 Å². The highest BCUT2D eigenvalue weighted by Gasteiger charge is 2.19. The fourth-order valence-electron chi connectivity index (χ4n) is 1.23. The Bertz CT molecular complexity index is 370. The van der Waals surface area contributed by atoms with Crippen LogP contribution in [0.15, 0.2) is 18.2 Å². The lowest BCUT2D eigenvalue weighted by Crippen LogP contribution is -2.09. The Balaban J connectivity index is 3.07. The molecule has 0 radical (unpaired) electrons. The van der Waals surface area contributed by atoms with Crippen molar-refractivity contribution in [2.24, 2.45) is 5.92 Å². The molecule has 1 aromatic carbocycles. The van der Waals surface area contributed by atoms with Crippen molar-refractivity contribution in [3.8, 4) is 6.07 Å². The summed E-state index contributed by atoms with van der Waals surface area (Å²) in [6.45, 7) is 3.37. The second-order valence-corrected chi connectivity index (χ2v) is 3.39. The summed E-state index contributed by atoms with van der Waals surface area (Å²) in [7, 11) is 0. The molecule has 0 saturated heterocycles. The zero-order valence-electron chi connectivity index (χ0n) is 8.16. The third-order valence-electron chi connectivity index (χ3n) is 2.15. The second-order valence-electron chi connectivity index (χ2n) is 3.39. The topological polar surface area (TPSA) is 44.0 Å². The molecule has 0 aliphatic carbocycles. The molecule has 0 aromatic heterocycles. The molecule has 2 nitrogen and oxygen atoms in total. The quantitative estimate of drug-likeness (QED) is 0.783. The first-order chi connectivity index (χ1) is 6.56. The first kappa shape index (κ1) is 10.7. The number of hydrogen-bond donors (Lipinski definition) is 1. The van der Waals surface area contributed by atoms with Crippen molar-refractivity contribution >= 4 is 0 Å². The predicted octanol–water partition coefficient (Wildman–Crippen LogP) is 2.33. The zero-order valence-corrected chi connectivity index (χ0v) is 8.16. The lowest BCUT2D eigenvalue weighted by atomic mass is 9.97. The van der Waals surface area contributed by atoms with E-state index in [9.17, 15) is 9.50 Å². The van der Waals surface area contributed by atoms with Gasteiger partial charge in [0.1, 0.15) is 5.82 Å². The van der Waals surface area contributed by atoms with Gasteiger partial charge >= 0.3 is 0 Å². The SMILES string of the molecule is Cc1ccc(F)c(C(O)C(C)C#N)c1. The number of benzene rings is 1. The number of nitriles is 1. The van der Waals surface area contributed by atoms with Crippen LogP contribution in [0.5, 0.6) is 0 Å². The molecule has 0 aliphatic rings. The molecule has 74 valence electrons. The molecule has 0 bridgehead atoms. The van der Waals surface area contributed by atoms with E-state index in [1.54, 1.807) is 19.1 Å². The number of nitrogens with zero attached hydrogens (tertiary/aromatic N) is 1. The van der Waals surface area contributed by atoms with Gasteiger partial charge in [0.25, 0.3) is 0 Å². The van der Waals surface area contributed by atoms with Crippen LogP contribution in [-0.2, 0) is 0 Å². The van der Waals surface area contributed by atoms with Gasteiger partial charge in [-0.25, -0.2) is 4.39 Å². The Hall–Kier alpha value is -1.40. The number of aliphatic hydroxyl groups excluding tert-OH is 1. The van der Waals surface area contributed by atoms with Crippen LogP contribution < -0.4 is 0 Å². The Morgan fingerprint density at radius 3 is 2.71 bits per heavy atom. The molecule has 1 aromatic rings. The van der Waals surface area contributed by atoms with E-state index in [1.807, 2.05) is 13.0 Å². The average Bonchev–Trinajstić information content (AvgIpc) is 2.19. The van der Waals surface area contributed by atoms with Crippen molar-refractivity contribution in [2.45, 2.75) is 20.0 Å². The summed E-state index contributed by atoms with van der Waals surface area (Å²) in [6, 6.07) is 6.39. The molecule has 1 N–H and O–H groups in total. The maximum absolute atomic E-state index is 13.2. The van der Waals surface area contributed by atoms with Gasteiger partial charge in [0.15, 0.2) is 0 Å². The lowest BCUT2D eigenvalue weighted by molar-refractivity contribution is 0.138. The van der Waals surface area contributed by atoms with E-state index in [4.69, 9.17) is 5.26 Å². The van der Waals surface area contributed by atoms with Crippen molar-refractivity contribution in [1.82, 2.24) is 0 Å². The highest BCUT2D eigenvalue weighted by molar-refractivity contribution is 5.27. The van der Waals surface area contributed by atoms with Gasteiger partial charge in [-0.2, -0.15) is 5.26 Å². The van der Waals surface area contributed by atoms with Gasteiger partial charge in [0.2, 0.25) is 0 Å². The predicted molar refractivity (Wildman–Crippen MR) is 50.9 cm³/mol. The van der Waals surface area contributed by atoms with Crippen LogP contribution in [0, 0.1) is 30.0 Å². The van der Waals surface area contributed by atoms with Gasteiger partial charge in [-0.3, -0.25) is 0 Å². The standard InChI is InChI=1S/C11H12FNO/c1-7-3-4-10(12)9(5-7)11(14)8(2)6-13/h3-5,8,11,14H,1-2H3. The summed E-state index contributed by atoms with van der Waals surface area (Å²) in [5, 5.41) is 18.2. The molecule has 0 heterocycles. The van der Waals surface area contributed by atoms with E-state index < -0.39 is 17.8 Å². The average molecular weight is 193 g/mol. The maximum atomic E-state index is 13.2. The van der Waals surface area contributed by atoms with Crippen LogP contribution in [0.4, 0.5) is 4.39 Å². The Labute approximate surface area is 82.6 Å². The molecule has 3 heteroatoms. The van der Waals surface area contributed by atoms with E-state index in [0.29, 0.717) is 0 Å². The molecule has 0 fully saturated rings. The van der Waals surface area contributed by atoms with Gasteiger partial charge in [-0.15, -0.1) is 0 Å². The van der Waals surface area contributed by atoms with Gasteiger partial charge in [0.05, 0.1) is 18.1 Å². The third-order valence-corrected chi connectivity index (χ3v) is 2.15. The van der Waals surface area contributed by atoms with E-state index in [2.05, 4.69) is 0 Å². The zero-order chi connectivity index (χ0) is 10.7. The molecule has 14 heavy (non-hydrogen) atoms. The number of hydrogen-bond acceptors (Lipinski definition) is 2. The fourth-order valence-corrected chi connectivity index (χ4v) is 1.23. The minimum atomic E-state index is -1.06. The Morgan fingerprint density at radius 1 is 1.50 bits per heavy atom. The van der Waals surface area contributed by atoms with Crippen LogP contribution in [-0.4, -0.2) is 5.11 Å². The summed E-state index contributed by atoms with van der Waals surface area (Å²) in [5.74, 6) is -1.07. The van der Waals surface area contributed by atoms with Gasteiger partial charge in [-0.1, -0.05) is 17.7 Å². The van der Waals surface area contributed by atoms with E-state index >= 15 is 0 Å². The highest BCUT2D eigenvalue weighted by atomic mass is 19.1. The van der Waals surface area contributed by atoms with Crippen LogP contribution >= 0.6 is 0 Å². The number of rotatable bonds is 2. The normalized spacial score (nSPS) is 14.5. The maximum Gasteiger partial charge on any atom is 0.129 e. The second kappa shape index (κ2) is 4.21. The van der Waals surface area contributed by atoms with Gasteiger partial charge in [0, 0.05) is 5.56 Å². The lowest BCUT2D eigenvalue weighted by Gasteiger charge is -2.14. The van der Waals surface area contributed by atoms with Crippen LogP contribution in [0.3, 0.4) is 0 Å². The van der Waals surface area contributed by atoms with Crippen LogP contribution in [0.25, 0.3) is 0 Å². The van der Waals surface area contributed by atoms with Crippen molar-refractivity contribution < 1.29 is 9.50 Å². The molecule has 0 saturated carbocycles. The first-order valence-electron chi connectivity index (χ1n) is 4.40. The third kappa shape index (κ3) is 2.09. The van der Waals surface area contributed by atoms with Gasteiger partial charge in [-0.05, 0) is 19.9 Å². The van der Waals surface area contributed by atoms with Crippen molar-refractivity contribution in [3.05, 3.63) is 35.1 Å². The molecular formula is C11H12FNO. The molecule has 0 aliphatic heterocycles. The molecule has 2 atom stereocenters. The minimum Gasteiger partial charge on any atom is -0.387 e. The Kier molecular flexibility index (Phi) is 3.21. The summed E-state index contributed by atoms with van der Waals surface area (Å²) >= 11 is 0. The summed E-state index contributed by atoms with van der Waals surface area (Å²) in [6.07, 6.45) is -1.06. The molecular weight excluding hydrogens is 181 g/mol. The molecule has 1 rings (SSSR count). The van der Waals surface area contributed by atoms with E-state index in [0.717, 1.165) is 5.56 Å². The highest BCUT2D eigenvalue weighted by Crippen LogP contribution is 2.24. The van der Waals surface area contributed by atoms with Crippen molar-refractivity contribution in [1.29, 1.82) is 5.26 Å². The van der Waals surface area contributed by atoms with E-state index in [-0.39, 0.29) is 5.56 Å². The smallest absolute Gasteiger partial charge is 0.129 e.